The number of methoxy groups -OCH3 is 1. The Hall–Kier alpha value is -3.01. The molecule has 0 saturated heterocycles. The molecule has 4 aromatic heterocycles. The molecule has 0 radical (unpaired) electrons. The van der Waals surface area contributed by atoms with Crippen LogP contribution < -0.4 is 11.5 Å². The zero-order valence-electron chi connectivity index (χ0n) is 17.9. The number of ether oxygens (including phenoxy) is 1. The zero-order valence-corrected chi connectivity index (χ0v) is 19.5. The monoisotopic (exact) mass is 464 g/mol. The van der Waals surface area contributed by atoms with Crippen LogP contribution in [0.4, 0.5) is 11.5 Å². The number of aliphatic imine (C=N–C) groups is 1. The number of nitrogen functional groups attached to an aromatic ring is 2. The van der Waals surface area contributed by atoms with E-state index in [4.69, 9.17) is 21.2 Å². The van der Waals surface area contributed by atoms with Gasteiger partial charge in [0, 0.05) is 73.4 Å². The highest BCUT2D eigenvalue weighted by Gasteiger charge is 2.18. The first-order chi connectivity index (χ1) is 15.6. The minimum Gasteiger partial charge on any atom is -0.397 e. The lowest BCUT2D eigenvalue weighted by molar-refractivity contribution is 0.200. The molecule has 164 valence electrons. The fourth-order valence-corrected chi connectivity index (χ4v) is 5.63. The van der Waals surface area contributed by atoms with E-state index in [0.717, 1.165) is 66.8 Å². The molecule has 4 heterocycles. The van der Waals surface area contributed by atoms with E-state index in [1.165, 1.54) is 0 Å². The van der Waals surface area contributed by atoms with Crippen molar-refractivity contribution in [1.82, 2.24) is 15.0 Å². The molecule has 0 aliphatic heterocycles. The van der Waals surface area contributed by atoms with Gasteiger partial charge in [0.2, 0.25) is 0 Å². The van der Waals surface area contributed by atoms with E-state index < -0.39 is 0 Å². The molecule has 32 heavy (non-hydrogen) atoms. The minimum atomic E-state index is 0.433. The highest BCUT2D eigenvalue weighted by atomic mass is 32.2. The van der Waals surface area contributed by atoms with Crippen LogP contribution >= 0.6 is 23.1 Å². The molecule has 4 N–H and O–H groups in total. The highest BCUT2D eigenvalue weighted by molar-refractivity contribution is 8.01. The maximum atomic E-state index is 6.62. The molecule has 0 bridgehead atoms. The third-order valence-corrected chi connectivity index (χ3v) is 7.35. The lowest BCUT2D eigenvalue weighted by Crippen LogP contribution is -1.98. The summed E-state index contributed by atoms with van der Waals surface area (Å²) in [4.78, 5) is 18.5. The smallest absolute Gasteiger partial charge is 0.132 e. The summed E-state index contributed by atoms with van der Waals surface area (Å²) >= 11 is 3.35. The number of thioether (sulfide) groups is 1. The largest absolute Gasteiger partial charge is 0.397 e. The van der Waals surface area contributed by atoms with Crippen LogP contribution in [0.5, 0.6) is 0 Å². The van der Waals surface area contributed by atoms with Gasteiger partial charge in [-0.15, -0.1) is 23.1 Å². The van der Waals surface area contributed by atoms with Gasteiger partial charge in [0.05, 0.1) is 15.6 Å². The Morgan fingerprint density at radius 1 is 1.22 bits per heavy atom. The van der Waals surface area contributed by atoms with Crippen LogP contribution in [-0.2, 0) is 4.74 Å². The molecule has 0 atom stereocenters. The Bertz CT molecular complexity index is 1260. The number of fused-ring (bicyclic) bond motifs is 1. The predicted molar refractivity (Wildman–Crippen MR) is 136 cm³/mol. The number of hydrogen-bond donors (Lipinski definition) is 2. The molecule has 0 spiro atoms. The van der Waals surface area contributed by atoms with Gasteiger partial charge < -0.3 is 16.2 Å². The molecule has 9 heteroatoms. The average molecular weight is 465 g/mol. The predicted octanol–water partition coefficient (Wildman–Crippen LogP) is 4.76. The van der Waals surface area contributed by atoms with Crippen LogP contribution in [0.1, 0.15) is 12.0 Å². The van der Waals surface area contributed by atoms with Crippen molar-refractivity contribution in [3.05, 3.63) is 48.4 Å². The van der Waals surface area contributed by atoms with Gasteiger partial charge in [-0.1, -0.05) is 6.07 Å². The zero-order chi connectivity index (χ0) is 22.5. The van der Waals surface area contributed by atoms with Gasteiger partial charge in [-0.2, -0.15) is 0 Å². The van der Waals surface area contributed by atoms with Crippen molar-refractivity contribution in [1.29, 1.82) is 0 Å². The highest BCUT2D eigenvalue weighted by Crippen LogP contribution is 2.45. The number of thiophene rings is 1. The Labute approximate surface area is 195 Å². The summed E-state index contributed by atoms with van der Waals surface area (Å²) in [6.45, 7) is 0.731. The first-order valence-electron chi connectivity index (χ1n) is 10.1. The summed E-state index contributed by atoms with van der Waals surface area (Å²) in [5, 5.41) is 0.958. The van der Waals surface area contributed by atoms with E-state index in [0.29, 0.717) is 5.82 Å². The average Bonchev–Trinajstić information content (AvgIpc) is 3.13. The van der Waals surface area contributed by atoms with E-state index in [2.05, 4.69) is 15.0 Å². The third kappa shape index (κ3) is 4.59. The second kappa shape index (κ2) is 10.1. The quantitative estimate of drug-likeness (QED) is 0.219. The molecule has 4 aromatic rings. The van der Waals surface area contributed by atoms with Gasteiger partial charge in [-0.3, -0.25) is 9.98 Å². The fourth-order valence-electron chi connectivity index (χ4n) is 3.35. The summed E-state index contributed by atoms with van der Waals surface area (Å²) in [7, 11) is 3.42. The summed E-state index contributed by atoms with van der Waals surface area (Å²) in [6.07, 6.45) is 8.00. The van der Waals surface area contributed by atoms with E-state index in [-0.39, 0.29) is 0 Å². The number of nitrogens with zero attached hydrogens (tertiary/aromatic N) is 4. The van der Waals surface area contributed by atoms with Crippen molar-refractivity contribution in [3.8, 4) is 22.4 Å². The minimum absolute atomic E-state index is 0.433. The van der Waals surface area contributed by atoms with Crippen LogP contribution in [0.2, 0.25) is 0 Å². The molecule has 0 saturated carbocycles. The third-order valence-electron chi connectivity index (χ3n) is 4.88. The fraction of sp³-hybridized carbons (Fsp3) is 0.217. The van der Waals surface area contributed by atoms with Crippen LogP contribution in [0.25, 0.3) is 32.6 Å². The van der Waals surface area contributed by atoms with Crippen LogP contribution in [-0.4, -0.2) is 47.7 Å². The van der Waals surface area contributed by atoms with E-state index in [1.54, 1.807) is 55.9 Å². The molecular formula is C23H24N6OS2. The van der Waals surface area contributed by atoms with Crippen LogP contribution in [0.15, 0.2) is 52.1 Å². The Morgan fingerprint density at radius 2 is 2.09 bits per heavy atom. The number of anilines is 2. The molecule has 0 unspecified atom stereocenters. The Morgan fingerprint density at radius 3 is 2.84 bits per heavy atom. The first kappa shape index (κ1) is 22.2. The molecule has 0 fully saturated rings. The van der Waals surface area contributed by atoms with Crippen molar-refractivity contribution >= 4 is 51.0 Å². The van der Waals surface area contributed by atoms with Crippen molar-refractivity contribution < 1.29 is 4.74 Å². The lowest BCUT2D eigenvalue weighted by Gasteiger charge is -2.09. The van der Waals surface area contributed by atoms with Gasteiger partial charge in [0.1, 0.15) is 10.6 Å². The molecule has 0 aliphatic rings. The molecule has 0 aromatic carbocycles. The summed E-state index contributed by atoms with van der Waals surface area (Å²) in [5.74, 6) is 1.37. The first-order valence-corrected chi connectivity index (χ1v) is 11.9. The molecule has 7 nitrogen and oxygen atoms in total. The standard InChI is InChI=1S/C23H24N6OS2/c1-26-11-16-9-15(13-28-21(16)25)18-10-17(14-5-3-6-27-12-14)19-20(24)23(32-22(19)29-18)31-8-4-7-30-2/h3,5-6,9-13H,4,7-8,24H2,1-2H3,(H2,25,28). The lowest BCUT2D eigenvalue weighted by atomic mass is 10.0. The van der Waals surface area contributed by atoms with Crippen LogP contribution in [0.3, 0.4) is 0 Å². The van der Waals surface area contributed by atoms with E-state index in [1.807, 2.05) is 30.5 Å². The Balaban J connectivity index is 1.86. The van der Waals surface area contributed by atoms with E-state index >= 15 is 0 Å². The number of rotatable bonds is 8. The second-order valence-corrected chi connectivity index (χ2v) is 9.42. The number of nitrogens with two attached hydrogens (primary N) is 2. The molecule has 0 aliphatic carbocycles. The van der Waals surface area contributed by atoms with Gasteiger partial charge in [0.25, 0.3) is 0 Å². The maximum absolute atomic E-state index is 6.62. The van der Waals surface area contributed by atoms with Crippen molar-refractivity contribution in [3.63, 3.8) is 0 Å². The van der Waals surface area contributed by atoms with Gasteiger partial charge in [0.15, 0.2) is 0 Å². The topological polar surface area (TPSA) is 112 Å². The summed E-state index contributed by atoms with van der Waals surface area (Å²) < 4.78 is 6.23. The van der Waals surface area contributed by atoms with Gasteiger partial charge in [-0.05, 0) is 30.2 Å². The maximum Gasteiger partial charge on any atom is 0.132 e. The summed E-state index contributed by atoms with van der Waals surface area (Å²) in [5.41, 5.74) is 17.8. The summed E-state index contributed by atoms with van der Waals surface area (Å²) in [6, 6.07) is 7.95. The molecular weight excluding hydrogens is 440 g/mol. The van der Waals surface area contributed by atoms with E-state index in [9.17, 15) is 0 Å². The van der Waals surface area contributed by atoms with Crippen molar-refractivity contribution in [2.24, 2.45) is 4.99 Å². The molecule has 4 rings (SSSR count). The number of aromatic nitrogens is 3. The van der Waals surface area contributed by atoms with Crippen molar-refractivity contribution in [2.45, 2.75) is 10.6 Å². The normalized spacial score (nSPS) is 11.6. The SMILES string of the molecule is CN=Cc1cc(-c2cc(-c3cccnc3)c3c(N)c(SCCCOC)sc3n2)cnc1N. The molecule has 0 amide bonds. The number of hydrogen-bond acceptors (Lipinski definition) is 9. The van der Waals surface area contributed by atoms with Crippen molar-refractivity contribution in [2.75, 3.05) is 38.0 Å². The van der Waals surface area contributed by atoms with Gasteiger partial charge in [-0.25, -0.2) is 9.97 Å². The van der Waals surface area contributed by atoms with Gasteiger partial charge >= 0.3 is 0 Å². The number of pyridine rings is 3. The van der Waals surface area contributed by atoms with Crippen LogP contribution in [0, 0.1) is 0 Å². The second-order valence-electron chi connectivity index (χ2n) is 7.06. The Kier molecular flexibility index (Phi) is 6.99.